The molecule has 2 saturated heterocycles. The molecule has 0 bridgehead atoms. The Morgan fingerprint density at radius 3 is 2.39 bits per heavy atom. The molecule has 0 aromatic rings. The third-order valence-electron chi connectivity index (χ3n) is 3.69. The van der Waals surface area contributed by atoms with Crippen molar-refractivity contribution in [3.05, 3.63) is 0 Å². The maximum absolute atomic E-state index is 12.0. The molecule has 2 aliphatic heterocycles. The molecule has 2 rings (SSSR count). The summed E-state index contributed by atoms with van der Waals surface area (Å²) in [6.45, 7) is 3.19. The fraction of sp³-hybridized carbons (Fsp3) is 0.917. The molecule has 108 valence electrons. The summed E-state index contributed by atoms with van der Waals surface area (Å²) in [7, 11) is 2.14. The molecule has 1 atom stereocenters. The molecule has 0 saturated carbocycles. The number of carbonyl (C=O) groups is 1. The minimum Gasteiger partial charge on any atom is -0.352 e. The molecule has 18 heavy (non-hydrogen) atoms. The van der Waals surface area contributed by atoms with Gasteiger partial charge in [-0.15, -0.1) is 24.8 Å². The Balaban J connectivity index is 0.00000144. The van der Waals surface area contributed by atoms with Gasteiger partial charge in [0.05, 0.1) is 6.04 Å². The molecule has 2 N–H and O–H groups in total. The molecule has 6 heteroatoms. The highest BCUT2D eigenvalue weighted by atomic mass is 35.5. The maximum atomic E-state index is 12.0. The van der Waals surface area contributed by atoms with E-state index in [1.807, 2.05) is 0 Å². The lowest BCUT2D eigenvalue weighted by atomic mass is 10.0. The second kappa shape index (κ2) is 8.97. The number of nitrogens with zero attached hydrogens (tertiary/aromatic N) is 1. The summed E-state index contributed by atoms with van der Waals surface area (Å²) in [6, 6.07) is 0.459. The van der Waals surface area contributed by atoms with Crippen molar-refractivity contribution in [3.63, 3.8) is 0 Å². The van der Waals surface area contributed by atoms with Crippen LogP contribution in [0.2, 0.25) is 0 Å². The fourth-order valence-electron chi connectivity index (χ4n) is 2.53. The highest BCUT2D eigenvalue weighted by Crippen LogP contribution is 2.11. The van der Waals surface area contributed by atoms with Crippen LogP contribution in [0.5, 0.6) is 0 Å². The van der Waals surface area contributed by atoms with Gasteiger partial charge in [-0.1, -0.05) is 6.42 Å². The Labute approximate surface area is 122 Å². The van der Waals surface area contributed by atoms with E-state index in [2.05, 4.69) is 22.6 Å². The van der Waals surface area contributed by atoms with Crippen LogP contribution in [0.1, 0.15) is 32.1 Å². The van der Waals surface area contributed by atoms with Crippen LogP contribution in [0.4, 0.5) is 0 Å². The first kappa shape index (κ1) is 18.0. The van der Waals surface area contributed by atoms with Crippen molar-refractivity contribution in [2.24, 2.45) is 0 Å². The van der Waals surface area contributed by atoms with E-state index in [1.165, 1.54) is 12.8 Å². The summed E-state index contributed by atoms with van der Waals surface area (Å²) in [5, 5.41) is 6.48. The fourth-order valence-corrected chi connectivity index (χ4v) is 2.53. The molecule has 0 spiro atoms. The van der Waals surface area contributed by atoms with Gasteiger partial charge in [-0.05, 0) is 52.4 Å². The average molecular weight is 298 g/mol. The second-order valence-corrected chi connectivity index (χ2v) is 5.09. The Morgan fingerprint density at radius 1 is 1.17 bits per heavy atom. The molecule has 4 nitrogen and oxygen atoms in total. The number of amides is 1. The lowest BCUT2D eigenvalue weighted by Crippen LogP contribution is -2.51. The molecule has 1 unspecified atom stereocenters. The van der Waals surface area contributed by atoms with Gasteiger partial charge in [0.25, 0.3) is 0 Å². The van der Waals surface area contributed by atoms with Crippen molar-refractivity contribution < 1.29 is 4.79 Å². The minimum atomic E-state index is 0. The van der Waals surface area contributed by atoms with Gasteiger partial charge in [-0.2, -0.15) is 0 Å². The number of likely N-dealkylation sites (tertiary alicyclic amines) is 1. The van der Waals surface area contributed by atoms with E-state index in [0.717, 1.165) is 38.9 Å². The zero-order valence-corrected chi connectivity index (χ0v) is 12.6. The van der Waals surface area contributed by atoms with Crippen LogP contribution in [0.25, 0.3) is 0 Å². The monoisotopic (exact) mass is 297 g/mol. The van der Waals surface area contributed by atoms with Crippen molar-refractivity contribution >= 4 is 30.7 Å². The van der Waals surface area contributed by atoms with Crippen molar-refractivity contribution in [3.8, 4) is 0 Å². The van der Waals surface area contributed by atoms with Gasteiger partial charge in [-0.25, -0.2) is 0 Å². The lowest BCUT2D eigenvalue weighted by molar-refractivity contribution is -0.124. The number of halogens is 2. The largest absolute Gasteiger partial charge is 0.352 e. The van der Waals surface area contributed by atoms with Crippen LogP contribution in [-0.4, -0.2) is 49.6 Å². The van der Waals surface area contributed by atoms with Gasteiger partial charge < -0.3 is 15.5 Å². The van der Waals surface area contributed by atoms with Crippen molar-refractivity contribution in [2.75, 3.05) is 26.7 Å². The number of carbonyl (C=O) groups excluding carboxylic acids is 1. The van der Waals surface area contributed by atoms with E-state index in [1.54, 1.807) is 0 Å². The molecule has 0 aromatic heterocycles. The summed E-state index contributed by atoms with van der Waals surface area (Å²) >= 11 is 0. The van der Waals surface area contributed by atoms with E-state index in [-0.39, 0.29) is 36.8 Å². The summed E-state index contributed by atoms with van der Waals surface area (Å²) in [4.78, 5) is 14.3. The number of rotatable bonds is 2. The van der Waals surface area contributed by atoms with Crippen molar-refractivity contribution in [1.82, 2.24) is 15.5 Å². The van der Waals surface area contributed by atoms with Crippen LogP contribution in [0, 0.1) is 0 Å². The van der Waals surface area contributed by atoms with Gasteiger partial charge >= 0.3 is 0 Å². The maximum Gasteiger partial charge on any atom is 0.237 e. The Hall–Kier alpha value is -0.0300. The first-order valence-corrected chi connectivity index (χ1v) is 6.48. The summed E-state index contributed by atoms with van der Waals surface area (Å²) in [5.41, 5.74) is 0. The number of nitrogens with one attached hydrogen (secondary N) is 2. The molecule has 2 heterocycles. The smallest absolute Gasteiger partial charge is 0.237 e. The summed E-state index contributed by atoms with van der Waals surface area (Å²) < 4.78 is 0. The van der Waals surface area contributed by atoms with Crippen LogP contribution in [0.3, 0.4) is 0 Å². The standard InChI is InChI=1S/C12H23N3O.2ClH/c1-15-8-5-10(6-9-15)14-12(16)11-4-2-3-7-13-11;;/h10-11,13H,2-9H2,1H3,(H,14,16);2*1H. The molecule has 1 amide bonds. The first-order chi connectivity index (χ1) is 7.75. The van der Waals surface area contributed by atoms with Crippen molar-refractivity contribution in [1.29, 1.82) is 0 Å². The van der Waals surface area contributed by atoms with Crippen LogP contribution < -0.4 is 10.6 Å². The molecule has 0 radical (unpaired) electrons. The van der Waals surface area contributed by atoms with Gasteiger partial charge in [0.15, 0.2) is 0 Å². The molecule has 2 aliphatic rings. The molecule has 0 aromatic carbocycles. The summed E-state index contributed by atoms with van der Waals surface area (Å²) in [5.74, 6) is 0.217. The third kappa shape index (κ3) is 5.31. The van der Waals surface area contributed by atoms with Gasteiger partial charge in [0.1, 0.15) is 0 Å². The average Bonchev–Trinajstić information content (AvgIpc) is 2.33. The molecular weight excluding hydrogens is 273 g/mol. The first-order valence-electron chi connectivity index (χ1n) is 6.48. The van der Waals surface area contributed by atoms with E-state index < -0.39 is 0 Å². The van der Waals surface area contributed by atoms with Gasteiger partial charge in [0.2, 0.25) is 5.91 Å². The van der Waals surface area contributed by atoms with E-state index >= 15 is 0 Å². The molecular formula is C12H25Cl2N3O. The third-order valence-corrected chi connectivity index (χ3v) is 3.69. The highest BCUT2D eigenvalue weighted by Gasteiger charge is 2.24. The normalized spacial score (nSPS) is 25.7. The zero-order chi connectivity index (χ0) is 11.4. The zero-order valence-electron chi connectivity index (χ0n) is 11.0. The number of hydrogen-bond donors (Lipinski definition) is 2. The van der Waals surface area contributed by atoms with Crippen LogP contribution >= 0.6 is 24.8 Å². The minimum absolute atomic E-state index is 0. The second-order valence-electron chi connectivity index (χ2n) is 5.09. The van der Waals surface area contributed by atoms with Gasteiger partial charge in [-0.3, -0.25) is 4.79 Å². The van der Waals surface area contributed by atoms with Crippen LogP contribution in [0.15, 0.2) is 0 Å². The van der Waals surface area contributed by atoms with E-state index in [9.17, 15) is 4.79 Å². The Kier molecular flexibility index (Phi) is 8.95. The summed E-state index contributed by atoms with van der Waals surface area (Å²) in [6.07, 6.45) is 5.57. The number of piperidine rings is 2. The molecule has 0 aliphatic carbocycles. The lowest BCUT2D eigenvalue weighted by Gasteiger charge is -2.31. The predicted octanol–water partition coefficient (Wildman–Crippen LogP) is 1.18. The van der Waals surface area contributed by atoms with E-state index in [0.29, 0.717) is 6.04 Å². The van der Waals surface area contributed by atoms with Gasteiger partial charge in [0, 0.05) is 6.04 Å². The van der Waals surface area contributed by atoms with E-state index in [4.69, 9.17) is 0 Å². The Morgan fingerprint density at radius 2 is 1.83 bits per heavy atom. The predicted molar refractivity (Wildman–Crippen MR) is 78.8 cm³/mol. The number of hydrogen-bond acceptors (Lipinski definition) is 3. The quantitative estimate of drug-likeness (QED) is 0.805. The highest BCUT2D eigenvalue weighted by molar-refractivity contribution is 5.85. The van der Waals surface area contributed by atoms with Crippen molar-refractivity contribution in [2.45, 2.75) is 44.2 Å². The topological polar surface area (TPSA) is 44.4 Å². The Bertz CT molecular complexity index is 239. The van der Waals surface area contributed by atoms with Crippen LogP contribution in [-0.2, 0) is 4.79 Å². The molecule has 2 fully saturated rings. The SMILES string of the molecule is CN1CCC(NC(=O)C2CCCCN2)CC1.Cl.Cl.